The quantitative estimate of drug-likeness (QED) is 0.408. The number of rotatable bonds is 5. The highest BCUT2D eigenvalue weighted by molar-refractivity contribution is 6.46. The molecular weight excluding hydrogens is 404 g/mol. The van der Waals surface area contributed by atoms with Gasteiger partial charge in [0.1, 0.15) is 17.6 Å². The van der Waals surface area contributed by atoms with Gasteiger partial charge in [-0.1, -0.05) is 39.2 Å². The number of nitrogens with zero attached hydrogens (tertiary/aromatic N) is 2. The molecule has 0 bridgehead atoms. The highest BCUT2D eigenvalue weighted by Crippen LogP contribution is 2.43. The van der Waals surface area contributed by atoms with Gasteiger partial charge in [-0.15, -0.1) is 0 Å². The number of likely N-dealkylation sites (tertiary alicyclic amines) is 1. The Morgan fingerprint density at radius 2 is 1.88 bits per heavy atom. The predicted octanol–water partition coefficient (Wildman–Crippen LogP) is 4.97. The molecule has 0 spiro atoms. The summed E-state index contributed by atoms with van der Waals surface area (Å²) in [6.07, 6.45) is 6.56. The summed E-state index contributed by atoms with van der Waals surface area (Å²) >= 11 is 0. The lowest BCUT2D eigenvalue weighted by Crippen LogP contribution is -2.40. The van der Waals surface area contributed by atoms with E-state index in [9.17, 15) is 14.7 Å². The number of aliphatic hydroxyl groups excluding tert-OH is 1. The molecule has 1 aromatic carbocycles. The molecule has 2 aromatic rings. The maximum atomic E-state index is 13.2. The van der Waals surface area contributed by atoms with Crippen LogP contribution in [0.5, 0.6) is 5.75 Å². The fraction of sp³-hybridized carbons (Fsp3) is 0.423. The molecule has 1 atom stereocenters. The number of ether oxygens (including phenoxy) is 1. The van der Waals surface area contributed by atoms with Gasteiger partial charge in [0.15, 0.2) is 0 Å². The number of aliphatic hydroxyl groups is 1. The largest absolute Gasteiger partial charge is 0.507 e. The fourth-order valence-corrected chi connectivity index (χ4v) is 4.90. The highest BCUT2D eigenvalue weighted by Gasteiger charge is 2.49. The Kier molecular flexibility index (Phi) is 6.31. The molecule has 2 fully saturated rings. The third kappa shape index (κ3) is 3.90. The monoisotopic (exact) mass is 434 g/mol. The number of aromatic nitrogens is 1. The van der Waals surface area contributed by atoms with Gasteiger partial charge in [0.25, 0.3) is 11.7 Å². The highest BCUT2D eigenvalue weighted by atomic mass is 16.5. The second kappa shape index (κ2) is 9.15. The number of carbonyl (C=O) groups excluding carboxylic acids is 2. The Balaban J connectivity index is 1.87. The van der Waals surface area contributed by atoms with E-state index in [2.05, 4.69) is 4.98 Å². The molecular formula is C26H30N2O4. The lowest BCUT2D eigenvalue weighted by molar-refractivity contribution is -0.141. The average molecular weight is 435 g/mol. The summed E-state index contributed by atoms with van der Waals surface area (Å²) in [5, 5.41) is 11.3. The zero-order chi connectivity index (χ0) is 22.8. The van der Waals surface area contributed by atoms with Crippen molar-refractivity contribution in [2.45, 2.75) is 64.0 Å². The molecule has 6 nitrogen and oxygen atoms in total. The van der Waals surface area contributed by atoms with E-state index in [0.29, 0.717) is 11.3 Å². The molecule has 4 rings (SSSR count). The molecule has 1 N–H and O–H groups in total. The second-order valence-corrected chi connectivity index (χ2v) is 8.86. The number of ketones is 1. The van der Waals surface area contributed by atoms with Crippen molar-refractivity contribution in [1.82, 2.24) is 9.88 Å². The molecule has 1 saturated carbocycles. The summed E-state index contributed by atoms with van der Waals surface area (Å²) < 4.78 is 5.45. The van der Waals surface area contributed by atoms with E-state index in [1.54, 1.807) is 36.4 Å². The van der Waals surface area contributed by atoms with Crippen molar-refractivity contribution in [3.05, 3.63) is 65.0 Å². The van der Waals surface area contributed by atoms with Gasteiger partial charge in [0.05, 0.1) is 18.4 Å². The van der Waals surface area contributed by atoms with Crippen molar-refractivity contribution in [3.63, 3.8) is 0 Å². The Hall–Kier alpha value is -3.15. The summed E-state index contributed by atoms with van der Waals surface area (Å²) in [4.78, 5) is 32.6. The van der Waals surface area contributed by atoms with E-state index in [1.165, 1.54) is 0 Å². The molecule has 32 heavy (non-hydrogen) atoms. The summed E-state index contributed by atoms with van der Waals surface area (Å²) in [6.45, 7) is 4.08. The van der Waals surface area contributed by atoms with Gasteiger partial charge < -0.3 is 14.7 Å². The van der Waals surface area contributed by atoms with Gasteiger partial charge in [-0.2, -0.15) is 0 Å². The number of hydrogen-bond acceptors (Lipinski definition) is 5. The number of amides is 1. The molecule has 1 aliphatic heterocycles. The summed E-state index contributed by atoms with van der Waals surface area (Å²) in [5.41, 5.74) is 2.13. The molecule has 1 aromatic heterocycles. The lowest BCUT2D eigenvalue weighted by Gasteiger charge is -2.35. The van der Waals surface area contributed by atoms with E-state index < -0.39 is 17.7 Å². The normalized spacial score (nSPS) is 21.4. The van der Waals surface area contributed by atoms with Crippen LogP contribution in [-0.4, -0.2) is 39.8 Å². The second-order valence-electron chi connectivity index (χ2n) is 8.86. The fourth-order valence-electron chi connectivity index (χ4n) is 4.90. The van der Waals surface area contributed by atoms with Crippen molar-refractivity contribution >= 4 is 17.4 Å². The molecule has 168 valence electrons. The predicted molar refractivity (Wildman–Crippen MR) is 122 cm³/mol. The van der Waals surface area contributed by atoms with Crippen molar-refractivity contribution in [1.29, 1.82) is 0 Å². The zero-order valence-corrected chi connectivity index (χ0v) is 18.9. The minimum Gasteiger partial charge on any atom is -0.507 e. The van der Waals surface area contributed by atoms with E-state index in [0.717, 1.165) is 43.4 Å². The summed E-state index contributed by atoms with van der Waals surface area (Å²) in [5.74, 6) is -0.478. The van der Waals surface area contributed by atoms with Crippen LogP contribution in [0.4, 0.5) is 0 Å². The van der Waals surface area contributed by atoms with E-state index in [1.807, 2.05) is 32.0 Å². The number of hydrogen-bond donors (Lipinski definition) is 1. The van der Waals surface area contributed by atoms with Gasteiger partial charge in [-0.05, 0) is 54.7 Å². The Bertz CT molecular complexity index is 1040. The SMILES string of the molecule is COc1ccc(/C(O)=C2/C(=O)C(=O)N(C3CCCCC3)C2c2ccccn2)cc1C(C)C. The van der Waals surface area contributed by atoms with Gasteiger partial charge >= 0.3 is 0 Å². The first-order valence-electron chi connectivity index (χ1n) is 11.3. The molecule has 6 heteroatoms. The minimum absolute atomic E-state index is 0.0281. The zero-order valence-electron chi connectivity index (χ0n) is 18.9. The van der Waals surface area contributed by atoms with Crippen LogP contribution >= 0.6 is 0 Å². The summed E-state index contributed by atoms with van der Waals surface area (Å²) in [6, 6.07) is 10.1. The van der Waals surface area contributed by atoms with Crippen LogP contribution in [0.3, 0.4) is 0 Å². The third-order valence-electron chi connectivity index (χ3n) is 6.54. The van der Waals surface area contributed by atoms with Crippen LogP contribution in [0.1, 0.15) is 74.7 Å². The minimum atomic E-state index is -0.691. The Morgan fingerprint density at radius 1 is 1.12 bits per heavy atom. The first-order chi connectivity index (χ1) is 15.4. The van der Waals surface area contributed by atoms with E-state index in [-0.39, 0.29) is 23.3 Å². The van der Waals surface area contributed by atoms with Crippen LogP contribution < -0.4 is 4.74 Å². The first kappa shape index (κ1) is 22.1. The van der Waals surface area contributed by atoms with Gasteiger partial charge in [0, 0.05) is 17.8 Å². The maximum absolute atomic E-state index is 13.2. The first-order valence-corrected chi connectivity index (χ1v) is 11.3. The average Bonchev–Trinajstić information content (AvgIpc) is 3.09. The number of pyridine rings is 1. The number of benzene rings is 1. The van der Waals surface area contributed by atoms with Gasteiger partial charge in [-0.25, -0.2) is 0 Å². The van der Waals surface area contributed by atoms with Crippen LogP contribution in [0, 0.1) is 0 Å². The van der Waals surface area contributed by atoms with Crippen molar-refractivity contribution in [3.8, 4) is 5.75 Å². The van der Waals surface area contributed by atoms with Crippen LogP contribution in [0.25, 0.3) is 5.76 Å². The van der Waals surface area contributed by atoms with Crippen molar-refractivity contribution < 1.29 is 19.4 Å². The molecule has 0 radical (unpaired) electrons. The Morgan fingerprint density at radius 3 is 2.50 bits per heavy atom. The van der Waals surface area contributed by atoms with Gasteiger partial charge in [0.2, 0.25) is 0 Å². The number of methoxy groups -OCH3 is 1. The van der Waals surface area contributed by atoms with Gasteiger partial charge in [-0.3, -0.25) is 14.6 Å². The number of carbonyl (C=O) groups is 2. The molecule has 2 heterocycles. The van der Waals surface area contributed by atoms with Crippen molar-refractivity contribution in [2.75, 3.05) is 7.11 Å². The van der Waals surface area contributed by atoms with Crippen LogP contribution in [0.15, 0.2) is 48.2 Å². The number of Topliss-reactive ketones (excluding diaryl/α,β-unsaturated/α-hetero) is 1. The lowest BCUT2D eigenvalue weighted by atomic mass is 9.91. The Labute approximate surface area is 188 Å². The molecule has 2 aliphatic rings. The summed E-state index contributed by atoms with van der Waals surface area (Å²) in [7, 11) is 1.61. The van der Waals surface area contributed by atoms with E-state index >= 15 is 0 Å². The molecule has 1 amide bonds. The topological polar surface area (TPSA) is 79.7 Å². The van der Waals surface area contributed by atoms with Crippen LogP contribution in [-0.2, 0) is 9.59 Å². The third-order valence-corrected chi connectivity index (χ3v) is 6.54. The molecule has 1 saturated heterocycles. The standard InChI is InChI=1S/C26H30N2O4/c1-16(2)19-15-17(12-13-21(19)32-3)24(29)22-23(20-11-7-8-14-27-20)28(26(31)25(22)30)18-9-5-4-6-10-18/h7-8,11-16,18,23,29H,4-6,9-10H2,1-3H3/b24-22-. The van der Waals surface area contributed by atoms with Crippen molar-refractivity contribution in [2.24, 2.45) is 0 Å². The van der Waals surface area contributed by atoms with Crippen LogP contribution in [0.2, 0.25) is 0 Å². The molecule has 1 unspecified atom stereocenters. The molecule has 1 aliphatic carbocycles. The maximum Gasteiger partial charge on any atom is 0.295 e. The van der Waals surface area contributed by atoms with E-state index in [4.69, 9.17) is 4.74 Å². The smallest absolute Gasteiger partial charge is 0.295 e.